The van der Waals surface area contributed by atoms with Crippen molar-refractivity contribution in [2.75, 3.05) is 13.7 Å². The molecule has 1 aromatic rings. The molecule has 0 saturated heterocycles. The number of fused-ring (bicyclic) bond motifs is 1. The van der Waals surface area contributed by atoms with E-state index in [2.05, 4.69) is 134 Å². The van der Waals surface area contributed by atoms with Crippen molar-refractivity contribution in [3.8, 4) is 23.3 Å². The molecule has 11 heteroatoms. The highest BCUT2D eigenvalue weighted by molar-refractivity contribution is 6.75. The van der Waals surface area contributed by atoms with Gasteiger partial charge in [-0.3, -0.25) is 0 Å². The van der Waals surface area contributed by atoms with Crippen molar-refractivity contribution in [2.45, 2.75) is 201 Å². The van der Waals surface area contributed by atoms with Gasteiger partial charge in [0.05, 0.1) is 25.4 Å². The molecule has 0 saturated carbocycles. The number of methoxy groups -OCH3 is 1. The van der Waals surface area contributed by atoms with Gasteiger partial charge >= 0.3 is 5.97 Å². The summed E-state index contributed by atoms with van der Waals surface area (Å²) >= 11 is 0. The summed E-state index contributed by atoms with van der Waals surface area (Å²) in [6.07, 6.45) is 1.93. The standard InChI is InChI=1S/C45H82O8Si3/c1-31(37(52-55(18,19)43(7,8)9)29-34-28-35(48-15)30-38-39(34)41(47)50-45(13,14)49-38)24-22-23-25-36(51-54(16,17)42(4,5)6)33(3)40(32(2)26-27-46)53-56(20,21)44(10,11)12/h28,30-33,36-37,40,46H,24-27,29H2,1-21H3/t31-,32+,33+,36-,37+,40+/m0/s1. The van der Waals surface area contributed by atoms with Gasteiger partial charge in [0.2, 0.25) is 5.79 Å². The van der Waals surface area contributed by atoms with Gasteiger partial charge in [-0.15, -0.1) is 11.8 Å². The summed E-state index contributed by atoms with van der Waals surface area (Å²) in [5.74, 6) is 7.01. The Bertz CT molecular complexity index is 1520. The Morgan fingerprint density at radius 3 is 1.70 bits per heavy atom. The van der Waals surface area contributed by atoms with Gasteiger partial charge in [0.1, 0.15) is 17.1 Å². The Morgan fingerprint density at radius 2 is 1.21 bits per heavy atom. The van der Waals surface area contributed by atoms with Crippen LogP contribution in [0.5, 0.6) is 11.5 Å². The molecule has 1 aliphatic rings. The predicted octanol–water partition coefficient (Wildman–Crippen LogP) is 11.8. The maximum absolute atomic E-state index is 13.4. The summed E-state index contributed by atoms with van der Waals surface area (Å²) in [6, 6.07) is 3.67. The third-order valence-corrected chi connectivity index (χ3v) is 26.7. The Kier molecular flexibility index (Phi) is 16.9. The van der Waals surface area contributed by atoms with Crippen molar-refractivity contribution in [2.24, 2.45) is 17.8 Å². The van der Waals surface area contributed by atoms with E-state index in [1.807, 2.05) is 6.07 Å². The van der Waals surface area contributed by atoms with Crippen LogP contribution >= 0.6 is 0 Å². The third-order valence-electron chi connectivity index (χ3n) is 13.2. The molecule has 0 aromatic heterocycles. The van der Waals surface area contributed by atoms with Crippen LogP contribution in [0.4, 0.5) is 0 Å². The molecule has 0 spiro atoms. The first-order chi connectivity index (χ1) is 25.2. The fourth-order valence-corrected chi connectivity index (χ4v) is 10.5. The second-order valence-electron chi connectivity index (χ2n) is 21.5. The van der Waals surface area contributed by atoms with E-state index in [4.69, 9.17) is 27.5 Å². The quantitative estimate of drug-likeness (QED) is 0.0942. The topological polar surface area (TPSA) is 92.7 Å². The summed E-state index contributed by atoms with van der Waals surface area (Å²) in [5.41, 5.74) is 1.21. The number of hydrogen-bond acceptors (Lipinski definition) is 8. The summed E-state index contributed by atoms with van der Waals surface area (Å²) < 4.78 is 39.1. The molecule has 1 N–H and O–H groups in total. The molecule has 6 atom stereocenters. The van der Waals surface area contributed by atoms with Crippen molar-refractivity contribution in [1.29, 1.82) is 0 Å². The monoisotopic (exact) mass is 835 g/mol. The van der Waals surface area contributed by atoms with Crippen LogP contribution < -0.4 is 9.47 Å². The number of ether oxygens (including phenoxy) is 3. The van der Waals surface area contributed by atoms with Crippen LogP contribution in [0.1, 0.15) is 132 Å². The largest absolute Gasteiger partial charge is 0.497 e. The number of aliphatic hydroxyl groups excluding tert-OH is 1. The molecule has 322 valence electrons. The van der Waals surface area contributed by atoms with Crippen LogP contribution in [0.15, 0.2) is 12.1 Å². The number of benzene rings is 1. The molecule has 0 unspecified atom stereocenters. The SMILES string of the molecule is COc1cc(C[C@@H](O[Si](C)(C)C(C)(C)C)[C@@H](C)CC#CC[C@H](O[Si](C)(C)C(C)(C)C)[C@@H](C)[C@H](O[Si](C)(C)C(C)(C)C)[C@H](C)CCO)c2c(c1)OC(C)(C)OC2=O. The predicted molar refractivity (Wildman–Crippen MR) is 239 cm³/mol. The molecule has 0 aliphatic carbocycles. The molecule has 1 heterocycles. The first-order valence-corrected chi connectivity index (χ1v) is 29.7. The van der Waals surface area contributed by atoms with Crippen LogP contribution in [-0.2, 0) is 24.4 Å². The summed E-state index contributed by atoms with van der Waals surface area (Å²) in [6.45, 7) is 44.4. The Hall–Kier alpha value is -1.66. The lowest BCUT2D eigenvalue weighted by molar-refractivity contribution is -0.127. The van der Waals surface area contributed by atoms with Crippen LogP contribution in [0.25, 0.3) is 0 Å². The number of hydrogen-bond donors (Lipinski definition) is 1. The van der Waals surface area contributed by atoms with Gasteiger partial charge in [-0.25, -0.2) is 4.79 Å². The van der Waals surface area contributed by atoms with Gasteiger partial charge in [-0.1, -0.05) is 83.1 Å². The normalized spacial score (nSPS) is 18.6. The highest BCUT2D eigenvalue weighted by Crippen LogP contribution is 2.44. The molecule has 8 nitrogen and oxygen atoms in total. The van der Waals surface area contributed by atoms with E-state index < -0.39 is 36.7 Å². The molecule has 1 aromatic carbocycles. The van der Waals surface area contributed by atoms with Gasteiger partial charge in [-0.05, 0) is 90.7 Å². The number of cyclic esters (lactones) is 1. The second-order valence-corrected chi connectivity index (χ2v) is 35.8. The van der Waals surface area contributed by atoms with Gasteiger partial charge in [0.15, 0.2) is 25.0 Å². The van der Waals surface area contributed by atoms with E-state index in [0.717, 1.165) is 5.56 Å². The lowest BCUT2D eigenvalue weighted by Crippen LogP contribution is -2.52. The fraction of sp³-hybridized carbons (Fsp3) is 0.800. The van der Waals surface area contributed by atoms with Gasteiger partial charge < -0.3 is 32.6 Å². The van der Waals surface area contributed by atoms with Crippen molar-refractivity contribution in [1.82, 2.24) is 0 Å². The van der Waals surface area contributed by atoms with Crippen LogP contribution in [0.2, 0.25) is 54.4 Å². The highest BCUT2D eigenvalue weighted by Gasteiger charge is 2.46. The van der Waals surface area contributed by atoms with Gasteiger partial charge in [0, 0.05) is 45.3 Å². The smallest absolute Gasteiger partial charge is 0.345 e. The maximum Gasteiger partial charge on any atom is 0.345 e. The molecule has 0 bridgehead atoms. The van der Waals surface area contributed by atoms with E-state index in [0.29, 0.717) is 42.7 Å². The van der Waals surface area contributed by atoms with E-state index in [1.165, 1.54) is 0 Å². The molecule has 56 heavy (non-hydrogen) atoms. The average Bonchev–Trinajstić information content (AvgIpc) is 3.01. The maximum atomic E-state index is 13.4. The molecular weight excluding hydrogens is 753 g/mol. The number of carbonyl (C=O) groups excluding carboxylic acids is 1. The zero-order valence-corrected chi connectivity index (χ0v) is 42.5. The number of esters is 1. The lowest BCUT2D eigenvalue weighted by Gasteiger charge is -2.46. The Morgan fingerprint density at radius 1 is 0.732 bits per heavy atom. The van der Waals surface area contributed by atoms with E-state index >= 15 is 0 Å². The minimum atomic E-state index is -2.24. The summed E-state index contributed by atoms with van der Waals surface area (Å²) in [4.78, 5) is 13.4. The minimum Gasteiger partial charge on any atom is -0.497 e. The zero-order chi connectivity index (χ0) is 43.5. The van der Waals surface area contributed by atoms with E-state index in [9.17, 15) is 9.90 Å². The van der Waals surface area contributed by atoms with E-state index in [1.54, 1.807) is 27.0 Å². The average molecular weight is 835 g/mol. The molecule has 2 rings (SSSR count). The second kappa shape index (κ2) is 18.7. The van der Waals surface area contributed by atoms with Crippen molar-refractivity contribution >= 4 is 30.9 Å². The zero-order valence-electron chi connectivity index (χ0n) is 39.5. The van der Waals surface area contributed by atoms with Crippen molar-refractivity contribution < 1.29 is 37.4 Å². The fourth-order valence-electron chi connectivity index (χ4n) is 6.19. The summed E-state index contributed by atoms with van der Waals surface area (Å²) in [7, 11) is -4.94. The molecule has 0 amide bonds. The lowest BCUT2D eigenvalue weighted by atomic mass is 9.86. The number of aliphatic hydroxyl groups is 1. The molecular formula is C45H82O8Si3. The van der Waals surface area contributed by atoms with Crippen LogP contribution in [-0.4, -0.2) is 73.8 Å². The third kappa shape index (κ3) is 13.2. The molecule has 1 aliphatic heterocycles. The van der Waals surface area contributed by atoms with Gasteiger partial charge in [-0.2, -0.15) is 0 Å². The summed E-state index contributed by atoms with van der Waals surface area (Å²) in [5, 5.41) is 10.1. The van der Waals surface area contributed by atoms with E-state index in [-0.39, 0.29) is 57.8 Å². The Balaban J connectivity index is 2.56. The van der Waals surface area contributed by atoms with Crippen molar-refractivity contribution in [3.63, 3.8) is 0 Å². The first-order valence-electron chi connectivity index (χ1n) is 20.9. The van der Waals surface area contributed by atoms with Crippen LogP contribution in [0, 0.1) is 29.6 Å². The minimum absolute atomic E-state index is 0.0167. The number of carbonyl (C=O) groups is 1. The van der Waals surface area contributed by atoms with Gasteiger partial charge in [0.25, 0.3) is 0 Å². The Labute approximate surface area is 346 Å². The van der Waals surface area contributed by atoms with Crippen LogP contribution in [0.3, 0.4) is 0 Å². The molecule has 0 radical (unpaired) electrons. The first kappa shape index (κ1) is 50.5. The van der Waals surface area contributed by atoms with Crippen molar-refractivity contribution in [3.05, 3.63) is 23.3 Å². The highest BCUT2D eigenvalue weighted by atomic mass is 28.4. The number of rotatable bonds is 17. The molecule has 0 fully saturated rings.